The number of nitrogens with zero attached hydrogens (tertiary/aromatic N) is 2. The van der Waals surface area contributed by atoms with Crippen LogP contribution in [0, 0.1) is 5.82 Å². The standard InChI is InChI=1S/C72H78BFN2O/c1-66(2,3)45-21-27-49(50(37-45)43-19-17-16-18-20-43)44-35-60-63-61(36-44)76(47-24-22-46(74)23-25-47)64-51-39-54-57(72(14,15)34-31-69(54,8)9)42-62(51)77-65(64)73(63)58-40-55-56(71(12,13)33-32-70(55,10)11)41-59(58)75(60)48-26-28-52-53(38-48)68(6,7)30-29-67(52,4)5/h16-28,35-42H,29-34H2,1-15H3. The molecule has 0 unspecified atom stereocenters. The summed E-state index contributed by atoms with van der Waals surface area (Å²) in [7, 11) is 0. The minimum absolute atomic E-state index is 0.00456. The highest BCUT2D eigenvalue weighted by atomic mass is 19.1. The summed E-state index contributed by atoms with van der Waals surface area (Å²) in [6, 6.07) is 47.8. The normalized spacial score (nSPS) is 19.7. The maximum Gasteiger partial charge on any atom is 0.297 e. The van der Waals surface area contributed by atoms with Gasteiger partial charge in [0.2, 0.25) is 0 Å². The second kappa shape index (κ2) is 16.4. The molecule has 0 radical (unpaired) electrons. The summed E-state index contributed by atoms with van der Waals surface area (Å²) in [6.07, 6.45) is 6.73. The van der Waals surface area contributed by atoms with Gasteiger partial charge in [0.05, 0.1) is 11.3 Å². The zero-order valence-electron chi connectivity index (χ0n) is 48.6. The zero-order valence-corrected chi connectivity index (χ0v) is 48.6. The van der Waals surface area contributed by atoms with Crippen LogP contribution in [0.15, 0.2) is 132 Å². The number of hydrogen-bond acceptors (Lipinski definition) is 3. The molecule has 3 heterocycles. The lowest BCUT2D eigenvalue weighted by molar-refractivity contribution is 0.332. The third-order valence-corrected chi connectivity index (χ3v) is 20.1. The van der Waals surface area contributed by atoms with Crippen LogP contribution in [0.2, 0.25) is 0 Å². The highest BCUT2D eigenvalue weighted by Gasteiger charge is 2.50. The number of fused-ring (bicyclic) bond motifs is 9. The van der Waals surface area contributed by atoms with Crippen LogP contribution in [0.3, 0.4) is 0 Å². The minimum Gasteiger partial charge on any atom is -0.468 e. The lowest BCUT2D eigenvalue weighted by Crippen LogP contribution is -2.61. The predicted octanol–water partition coefficient (Wildman–Crippen LogP) is 18.3. The molecule has 392 valence electrons. The van der Waals surface area contributed by atoms with Crippen molar-refractivity contribution in [2.75, 3.05) is 9.80 Å². The van der Waals surface area contributed by atoms with Gasteiger partial charge < -0.3 is 14.2 Å². The summed E-state index contributed by atoms with van der Waals surface area (Å²) >= 11 is 0. The van der Waals surface area contributed by atoms with Crippen LogP contribution in [-0.2, 0) is 37.9 Å². The molecule has 77 heavy (non-hydrogen) atoms. The van der Waals surface area contributed by atoms with Crippen LogP contribution in [0.25, 0.3) is 33.2 Å². The molecule has 0 N–H and O–H groups in total. The van der Waals surface area contributed by atoms with Crippen molar-refractivity contribution >= 4 is 68.4 Å². The Morgan fingerprint density at radius 1 is 0.455 bits per heavy atom. The summed E-state index contributed by atoms with van der Waals surface area (Å²) in [6.45, 7) is 35.9. The molecule has 0 spiro atoms. The highest BCUT2D eigenvalue weighted by molar-refractivity contribution is 7.00. The van der Waals surface area contributed by atoms with Gasteiger partial charge in [0.25, 0.3) is 6.71 Å². The van der Waals surface area contributed by atoms with Crippen molar-refractivity contribution < 1.29 is 8.81 Å². The van der Waals surface area contributed by atoms with E-state index in [0.29, 0.717) is 0 Å². The lowest BCUT2D eigenvalue weighted by Gasteiger charge is -2.47. The quantitative estimate of drug-likeness (QED) is 0.164. The molecule has 5 heteroatoms. The Labute approximate surface area is 459 Å². The number of anilines is 6. The Balaban J connectivity index is 1.21. The van der Waals surface area contributed by atoms with E-state index in [1.165, 1.54) is 77.9 Å². The first-order valence-corrected chi connectivity index (χ1v) is 28.8. The Kier molecular flexibility index (Phi) is 10.7. The van der Waals surface area contributed by atoms with E-state index < -0.39 is 0 Å². The van der Waals surface area contributed by atoms with E-state index >= 15 is 4.39 Å². The third-order valence-electron chi connectivity index (χ3n) is 20.1. The van der Waals surface area contributed by atoms with Gasteiger partial charge in [0.15, 0.2) is 0 Å². The second-order valence-corrected chi connectivity index (χ2v) is 29.1. The van der Waals surface area contributed by atoms with E-state index in [0.717, 1.165) is 83.5 Å². The van der Waals surface area contributed by atoms with Gasteiger partial charge in [0, 0.05) is 33.8 Å². The Morgan fingerprint density at radius 3 is 1.57 bits per heavy atom. The molecular weight excluding hydrogens is 939 g/mol. The van der Waals surface area contributed by atoms with Crippen molar-refractivity contribution in [1.29, 1.82) is 0 Å². The monoisotopic (exact) mass is 1020 g/mol. The number of halogens is 1. The van der Waals surface area contributed by atoms with Crippen LogP contribution in [0.4, 0.5) is 38.5 Å². The molecular formula is C72H78BFN2O. The number of hydrogen-bond donors (Lipinski definition) is 0. The van der Waals surface area contributed by atoms with Crippen molar-refractivity contribution in [3.8, 4) is 22.3 Å². The molecule has 13 rings (SSSR count). The first kappa shape index (κ1) is 50.2. The number of furan rings is 1. The minimum atomic E-state index is -0.255. The molecule has 7 aromatic carbocycles. The first-order chi connectivity index (χ1) is 36.2. The molecule has 0 amide bonds. The molecule has 5 aliphatic rings. The van der Waals surface area contributed by atoms with E-state index in [4.69, 9.17) is 4.42 Å². The fraction of sp³-hybridized carbons (Fsp3) is 0.389. The van der Waals surface area contributed by atoms with E-state index in [1.807, 2.05) is 12.1 Å². The van der Waals surface area contributed by atoms with Gasteiger partial charge >= 0.3 is 0 Å². The Bertz CT molecular complexity index is 3770. The molecule has 0 atom stereocenters. The van der Waals surface area contributed by atoms with Crippen LogP contribution in [0.1, 0.15) is 181 Å². The molecule has 0 bridgehead atoms. The summed E-state index contributed by atoms with van der Waals surface area (Å²) < 4.78 is 23.1. The number of benzene rings is 7. The topological polar surface area (TPSA) is 19.6 Å². The van der Waals surface area contributed by atoms with E-state index in [1.54, 1.807) is 12.1 Å². The van der Waals surface area contributed by atoms with Crippen molar-refractivity contribution in [1.82, 2.24) is 0 Å². The SMILES string of the molecule is CC(C)(C)c1ccc(-c2cc3c4c(c2)N(c2ccc(F)cc2)c2c(oc5cc6c(cc25)C(C)(C)CCC6(C)C)B4c2cc4c(cc2N3c2ccc3c(c2)C(C)(C)CCC3(C)C)C(C)(C)CCC4(C)C)c(-c2ccccc2)c1. The van der Waals surface area contributed by atoms with Crippen LogP contribution >= 0.6 is 0 Å². The van der Waals surface area contributed by atoms with Crippen LogP contribution in [-0.4, -0.2) is 6.71 Å². The molecule has 2 aliphatic heterocycles. The third kappa shape index (κ3) is 7.62. The predicted molar refractivity (Wildman–Crippen MR) is 326 cm³/mol. The summed E-state index contributed by atoms with van der Waals surface area (Å²) in [5, 5.41) is 1.11. The van der Waals surface area contributed by atoms with Gasteiger partial charge in [-0.3, -0.25) is 0 Å². The molecule has 0 saturated heterocycles. The molecule has 8 aromatic rings. The van der Waals surface area contributed by atoms with Crippen molar-refractivity contribution in [3.05, 3.63) is 172 Å². The van der Waals surface area contributed by atoms with E-state index in [9.17, 15) is 0 Å². The molecule has 3 nitrogen and oxygen atoms in total. The fourth-order valence-corrected chi connectivity index (χ4v) is 14.7. The van der Waals surface area contributed by atoms with Gasteiger partial charge in [-0.15, -0.1) is 0 Å². The van der Waals surface area contributed by atoms with Gasteiger partial charge in [0.1, 0.15) is 11.4 Å². The molecule has 3 aliphatic carbocycles. The first-order valence-electron chi connectivity index (χ1n) is 28.8. The summed E-state index contributed by atoms with van der Waals surface area (Å²) in [5.41, 5.74) is 25.3. The van der Waals surface area contributed by atoms with Crippen molar-refractivity contribution in [3.63, 3.8) is 0 Å². The summed E-state index contributed by atoms with van der Waals surface area (Å²) in [5.74, 6) is -0.255. The maximum absolute atomic E-state index is 15.4. The summed E-state index contributed by atoms with van der Waals surface area (Å²) in [4.78, 5) is 5.10. The van der Waals surface area contributed by atoms with Crippen LogP contribution in [0.5, 0.6) is 0 Å². The second-order valence-electron chi connectivity index (χ2n) is 29.1. The smallest absolute Gasteiger partial charge is 0.297 e. The van der Waals surface area contributed by atoms with Gasteiger partial charge in [-0.25, -0.2) is 4.39 Å². The average Bonchev–Trinajstić information content (AvgIpc) is 3.76. The molecule has 0 fully saturated rings. The lowest BCUT2D eigenvalue weighted by atomic mass is 9.35. The van der Waals surface area contributed by atoms with Crippen LogP contribution < -0.4 is 26.4 Å². The van der Waals surface area contributed by atoms with Crippen molar-refractivity contribution in [2.45, 2.75) is 180 Å². The Morgan fingerprint density at radius 2 is 0.974 bits per heavy atom. The van der Waals surface area contributed by atoms with E-state index in [2.05, 4.69) is 217 Å². The van der Waals surface area contributed by atoms with Gasteiger partial charge in [-0.2, -0.15) is 0 Å². The largest absolute Gasteiger partial charge is 0.468 e. The van der Waals surface area contributed by atoms with E-state index in [-0.39, 0.29) is 50.4 Å². The maximum atomic E-state index is 15.4. The van der Waals surface area contributed by atoms with Gasteiger partial charge in [-0.1, -0.05) is 165 Å². The fourth-order valence-electron chi connectivity index (χ4n) is 14.7. The molecule has 1 aromatic heterocycles. The zero-order chi connectivity index (χ0) is 54.3. The number of rotatable bonds is 4. The average molecular weight is 1020 g/mol. The highest BCUT2D eigenvalue weighted by Crippen LogP contribution is 2.56. The Hall–Kier alpha value is -6.33. The van der Waals surface area contributed by atoms with Gasteiger partial charge in [-0.05, 0) is 215 Å². The van der Waals surface area contributed by atoms with Crippen molar-refractivity contribution in [2.24, 2.45) is 0 Å². The molecule has 0 saturated carbocycles.